The molecule has 0 radical (unpaired) electrons. The maximum Gasteiger partial charge on any atom is 0.211 e. The Hall–Kier alpha value is -0.910. The van der Waals surface area contributed by atoms with E-state index in [2.05, 4.69) is 22.8 Å². The summed E-state index contributed by atoms with van der Waals surface area (Å²) in [6.07, 6.45) is 1.27. The lowest BCUT2D eigenvalue weighted by Crippen LogP contribution is -2.47. The summed E-state index contributed by atoms with van der Waals surface area (Å²) in [7, 11) is -3.05. The largest absolute Gasteiger partial charge is 0.320 e. The van der Waals surface area contributed by atoms with Gasteiger partial charge in [0.05, 0.1) is 12.8 Å². The summed E-state index contributed by atoms with van der Waals surface area (Å²) in [6.45, 7) is 3.92. The predicted molar refractivity (Wildman–Crippen MR) is 81.9 cm³/mol. The average molecular weight is 313 g/mol. The minimum Gasteiger partial charge on any atom is -0.320 e. The molecular formula is C13H19N3O2S2. The van der Waals surface area contributed by atoms with Gasteiger partial charge in [-0.2, -0.15) is 4.31 Å². The van der Waals surface area contributed by atoms with E-state index in [9.17, 15) is 8.42 Å². The minimum absolute atomic E-state index is 0.374. The van der Waals surface area contributed by atoms with Crippen LogP contribution in [0.5, 0.6) is 0 Å². The second kappa shape index (κ2) is 6.70. The number of hydrogen-bond donors (Lipinski definition) is 1. The van der Waals surface area contributed by atoms with E-state index in [1.807, 2.05) is 5.38 Å². The van der Waals surface area contributed by atoms with Crippen LogP contribution in [0, 0.1) is 11.8 Å². The van der Waals surface area contributed by atoms with Gasteiger partial charge in [0.15, 0.2) is 0 Å². The smallest absolute Gasteiger partial charge is 0.211 e. The van der Waals surface area contributed by atoms with Crippen molar-refractivity contribution >= 4 is 21.4 Å². The van der Waals surface area contributed by atoms with Gasteiger partial charge in [-0.05, 0) is 6.07 Å². The van der Waals surface area contributed by atoms with Gasteiger partial charge in [0, 0.05) is 48.5 Å². The first-order chi connectivity index (χ1) is 9.49. The van der Waals surface area contributed by atoms with Crippen molar-refractivity contribution in [3.8, 4) is 11.8 Å². The van der Waals surface area contributed by atoms with E-state index in [0.29, 0.717) is 19.6 Å². The Kier molecular flexibility index (Phi) is 5.18. The van der Waals surface area contributed by atoms with Gasteiger partial charge < -0.3 is 5.73 Å². The molecule has 1 aromatic heterocycles. The molecule has 0 amide bonds. The standard InChI is InChI=1S/C13H19N3O2S2/c1-20(17,18)16-7-5-15(6-8-16)10-13-9-12(11-19-13)3-2-4-14/h9,11H,4-8,10,14H2,1H3. The third-order valence-corrected chi connectivity index (χ3v) is 5.39. The van der Waals surface area contributed by atoms with Crippen molar-refractivity contribution < 1.29 is 8.42 Å². The maximum atomic E-state index is 11.4. The van der Waals surface area contributed by atoms with Gasteiger partial charge in [0.25, 0.3) is 0 Å². The van der Waals surface area contributed by atoms with E-state index < -0.39 is 10.0 Å². The van der Waals surface area contributed by atoms with Gasteiger partial charge in [-0.15, -0.1) is 11.3 Å². The van der Waals surface area contributed by atoms with E-state index >= 15 is 0 Å². The van der Waals surface area contributed by atoms with E-state index in [-0.39, 0.29) is 0 Å². The van der Waals surface area contributed by atoms with E-state index in [1.54, 1.807) is 11.3 Å². The number of nitrogens with zero attached hydrogens (tertiary/aromatic N) is 2. The number of piperazine rings is 1. The number of rotatable bonds is 3. The summed E-state index contributed by atoms with van der Waals surface area (Å²) in [5.41, 5.74) is 6.35. The monoisotopic (exact) mass is 313 g/mol. The van der Waals surface area contributed by atoms with Crippen LogP contribution in [-0.2, 0) is 16.6 Å². The van der Waals surface area contributed by atoms with Crippen LogP contribution in [0.2, 0.25) is 0 Å². The van der Waals surface area contributed by atoms with E-state index in [1.165, 1.54) is 15.4 Å². The Morgan fingerprint density at radius 3 is 2.65 bits per heavy atom. The van der Waals surface area contributed by atoms with E-state index in [0.717, 1.165) is 25.2 Å². The summed E-state index contributed by atoms with van der Waals surface area (Å²) >= 11 is 1.68. The van der Waals surface area contributed by atoms with Gasteiger partial charge >= 0.3 is 0 Å². The predicted octanol–water partition coefficient (Wildman–Crippen LogP) is 0.136. The molecular weight excluding hydrogens is 294 g/mol. The molecule has 2 rings (SSSR count). The van der Waals surface area contributed by atoms with Crippen molar-refractivity contribution in [1.82, 2.24) is 9.21 Å². The molecule has 1 saturated heterocycles. The summed E-state index contributed by atoms with van der Waals surface area (Å²) < 4.78 is 24.4. The highest BCUT2D eigenvalue weighted by molar-refractivity contribution is 7.88. The first-order valence-corrected chi connectivity index (χ1v) is 9.15. The highest BCUT2D eigenvalue weighted by Crippen LogP contribution is 2.17. The minimum atomic E-state index is -3.05. The lowest BCUT2D eigenvalue weighted by molar-refractivity contribution is 0.183. The fourth-order valence-electron chi connectivity index (χ4n) is 2.12. The Morgan fingerprint density at radius 2 is 2.05 bits per heavy atom. The van der Waals surface area contributed by atoms with Crippen molar-refractivity contribution in [1.29, 1.82) is 0 Å². The maximum absolute atomic E-state index is 11.4. The normalized spacial score (nSPS) is 17.7. The Labute approximate surface area is 124 Å². The molecule has 5 nitrogen and oxygen atoms in total. The molecule has 0 aromatic carbocycles. The molecule has 20 heavy (non-hydrogen) atoms. The van der Waals surface area contributed by atoms with Crippen molar-refractivity contribution in [2.75, 3.05) is 39.0 Å². The van der Waals surface area contributed by atoms with Crippen LogP contribution in [0.15, 0.2) is 11.4 Å². The fourth-order valence-corrected chi connectivity index (χ4v) is 3.81. The van der Waals surface area contributed by atoms with Crippen molar-refractivity contribution in [2.45, 2.75) is 6.54 Å². The van der Waals surface area contributed by atoms with Gasteiger partial charge in [-0.1, -0.05) is 11.8 Å². The molecule has 2 N–H and O–H groups in total. The van der Waals surface area contributed by atoms with Crippen LogP contribution >= 0.6 is 11.3 Å². The third kappa shape index (κ3) is 4.30. The second-order valence-electron chi connectivity index (χ2n) is 4.75. The molecule has 0 bridgehead atoms. The third-order valence-electron chi connectivity index (χ3n) is 3.17. The highest BCUT2D eigenvalue weighted by atomic mass is 32.2. The molecule has 110 valence electrons. The molecule has 0 unspecified atom stereocenters. The molecule has 0 saturated carbocycles. The van der Waals surface area contributed by atoms with Crippen molar-refractivity contribution in [3.63, 3.8) is 0 Å². The SMILES string of the molecule is CS(=O)(=O)N1CCN(Cc2cc(C#CCN)cs2)CC1. The second-order valence-corrected chi connectivity index (χ2v) is 7.72. The summed E-state index contributed by atoms with van der Waals surface area (Å²) in [6, 6.07) is 2.08. The summed E-state index contributed by atoms with van der Waals surface area (Å²) in [5.74, 6) is 5.86. The van der Waals surface area contributed by atoms with E-state index in [4.69, 9.17) is 5.73 Å². The van der Waals surface area contributed by atoms with Crippen molar-refractivity contribution in [3.05, 3.63) is 21.9 Å². The van der Waals surface area contributed by atoms with Gasteiger partial charge in [0.1, 0.15) is 0 Å². The molecule has 1 aliphatic rings. The lowest BCUT2D eigenvalue weighted by Gasteiger charge is -2.32. The Morgan fingerprint density at radius 1 is 1.35 bits per heavy atom. The molecule has 0 atom stereocenters. The number of nitrogens with two attached hydrogens (primary N) is 1. The van der Waals surface area contributed by atoms with Gasteiger partial charge in [-0.3, -0.25) is 4.90 Å². The Bertz CT molecular complexity index is 605. The summed E-state index contributed by atoms with van der Waals surface area (Å²) in [4.78, 5) is 3.52. The van der Waals surface area contributed by atoms with Crippen LogP contribution in [0.3, 0.4) is 0 Å². The quantitative estimate of drug-likeness (QED) is 0.806. The first-order valence-electron chi connectivity index (χ1n) is 6.43. The topological polar surface area (TPSA) is 66.6 Å². The fraction of sp³-hybridized carbons (Fsp3) is 0.538. The molecule has 7 heteroatoms. The van der Waals surface area contributed by atoms with Crippen LogP contribution < -0.4 is 5.73 Å². The Balaban J connectivity index is 1.88. The van der Waals surface area contributed by atoms with Crippen LogP contribution in [-0.4, -0.2) is 56.6 Å². The van der Waals surface area contributed by atoms with Gasteiger partial charge in [0.2, 0.25) is 10.0 Å². The number of hydrogen-bond acceptors (Lipinski definition) is 5. The molecule has 0 spiro atoms. The zero-order chi connectivity index (χ0) is 14.6. The summed E-state index contributed by atoms with van der Waals surface area (Å²) in [5, 5.41) is 2.03. The van der Waals surface area contributed by atoms with Crippen molar-refractivity contribution in [2.24, 2.45) is 5.73 Å². The molecule has 1 aromatic rings. The molecule has 2 heterocycles. The average Bonchev–Trinajstić information content (AvgIpc) is 2.83. The van der Waals surface area contributed by atoms with Crippen LogP contribution in [0.1, 0.15) is 10.4 Å². The first kappa shape index (κ1) is 15.5. The van der Waals surface area contributed by atoms with Gasteiger partial charge in [-0.25, -0.2) is 8.42 Å². The zero-order valence-corrected chi connectivity index (χ0v) is 13.1. The van der Waals surface area contributed by atoms with Crippen LogP contribution in [0.25, 0.3) is 0 Å². The molecule has 1 aliphatic heterocycles. The lowest BCUT2D eigenvalue weighted by atomic mass is 10.3. The van der Waals surface area contributed by atoms with Crippen LogP contribution in [0.4, 0.5) is 0 Å². The highest BCUT2D eigenvalue weighted by Gasteiger charge is 2.23. The zero-order valence-electron chi connectivity index (χ0n) is 11.5. The number of thiophene rings is 1. The molecule has 1 fully saturated rings. The molecule has 0 aliphatic carbocycles. The number of sulfonamides is 1.